The monoisotopic (exact) mass is 406 g/mol. The fourth-order valence-electron chi connectivity index (χ4n) is 2.85. The number of anilines is 1. The molecule has 4 N–H and O–H groups in total. The van der Waals surface area contributed by atoms with E-state index in [1.807, 2.05) is 0 Å². The molecule has 2 aromatic heterocycles. The summed E-state index contributed by atoms with van der Waals surface area (Å²) in [7, 11) is 0. The van der Waals surface area contributed by atoms with Gasteiger partial charge in [0.05, 0.1) is 16.9 Å². The van der Waals surface area contributed by atoms with Crippen LogP contribution in [0.15, 0.2) is 77.4 Å². The molecule has 0 aliphatic carbocycles. The highest BCUT2D eigenvalue weighted by atomic mass is 19.1. The number of para-hydroxylation sites is 1. The van der Waals surface area contributed by atoms with E-state index in [2.05, 4.69) is 15.1 Å². The van der Waals surface area contributed by atoms with Gasteiger partial charge >= 0.3 is 0 Å². The van der Waals surface area contributed by atoms with E-state index in [4.69, 9.17) is 16.1 Å². The van der Waals surface area contributed by atoms with E-state index in [1.165, 1.54) is 30.5 Å². The number of pyridine rings is 1. The average molecular weight is 406 g/mol. The molecule has 7 nitrogen and oxygen atoms in total. The first-order valence-corrected chi connectivity index (χ1v) is 8.85. The minimum atomic E-state index is -0.557. The van der Waals surface area contributed by atoms with Crippen LogP contribution in [-0.4, -0.2) is 15.1 Å². The van der Waals surface area contributed by atoms with Gasteiger partial charge in [0.2, 0.25) is 5.82 Å². The lowest BCUT2D eigenvalue weighted by Crippen LogP contribution is -2.32. The minimum Gasteiger partial charge on any atom is -0.392 e. The van der Waals surface area contributed by atoms with Crippen molar-refractivity contribution in [1.82, 2.24) is 15.1 Å². The summed E-state index contributed by atoms with van der Waals surface area (Å²) in [6.45, 7) is 0. The molecule has 4 aromatic rings. The Morgan fingerprint density at radius 2 is 1.60 bits per heavy atom. The molecule has 9 heteroatoms. The lowest BCUT2D eigenvalue weighted by molar-refractivity contribution is 0.407. The Morgan fingerprint density at radius 1 is 0.900 bits per heavy atom. The first kappa shape index (κ1) is 19.2. The molecule has 0 aliphatic heterocycles. The Balaban J connectivity index is 1.84. The molecular weight excluding hydrogens is 390 g/mol. The molecule has 150 valence electrons. The Morgan fingerprint density at radius 3 is 2.30 bits per heavy atom. The van der Waals surface area contributed by atoms with Gasteiger partial charge in [-0.15, -0.1) is 0 Å². The largest absolute Gasteiger partial charge is 0.392 e. The number of hydrazine groups is 1. The van der Waals surface area contributed by atoms with Crippen molar-refractivity contribution >= 4 is 17.1 Å². The molecule has 0 unspecified atom stereocenters. The summed E-state index contributed by atoms with van der Waals surface area (Å²) >= 11 is 0. The fourth-order valence-corrected chi connectivity index (χ4v) is 2.85. The van der Waals surface area contributed by atoms with Crippen molar-refractivity contribution in [2.24, 2.45) is 11.6 Å². The molecule has 2 heterocycles. The van der Waals surface area contributed by atoms with Gasteiger partial charge in [0, 0.05) is 6.20 Å². The second-order valence-corrected chi connectivity index (χ2v) is 6.20. The van der Waals surface area contributed by atoms with Crippen LogP contribution in [0.5, 0.6) is 0 Å². The van der Waals surface area contributed by atoms with Gasteiger partial charge in [-0.05, 0) is 36.4 Å². The van der Waals surface area contributed by atoms with Crippen LogP contribution in [0.1, 0.15) is 11.6 Å². The van der Waals surface area contributed by atoms with Crippen LogP contribution in [0.25, 0.3) is 22.8 Å². The molecule has 0 radical (unpaired) electrons. The number of hydrogen-bond donors (Lipinski definition) is 2. The minimum absolute atomic E-state index is 0.0147. The third kappa shape index (κ3) is 3.61. The molecule has 0 saturated heterocycles. The van der Waals surface area contributed by atoms with E-state index in [-0.39, 0.29) is 34.4 Å². The van der Waals surface area contributed by atoms with Crippen molar-refractivity contribution in [3.8, 4) is 11.4 Å². The smallest absolute Gasteiger partial charge is 0.276 e. The van der Waals surface area contributed by atoms with Crippen LogP contribution in [-0.2, 0) is 0 Å². The zero-order valence-corrected chi connectivity index (χ0v) is 15.5. The first-order chi connectivity index (χ1) is 14.6. The van der Waals surface area contributed by atoms with Gasteiger partial charge in [-0.1, -0.05) is 35.5 Å². The summed E-state index contributed by atoms with van der Waals surface area (Å²) in [6, 6.07) is 17.0. The quantitative estimate of drug-likeness (QED) is 0.385. The summed E-state index contributed by atoms with van der Waals surface area (Å²) in [6.07, 6.45) is 1.54. The Labute approximate surface area is 170 Å². The number of benzene rings is 2. The summed E-state index contributed by atoms with van der Waals surface area (Å²) in [5.74, 6) is 5.06. The fraction of sp³-hybridized carbons (Fsp3) is 0. The highest BCUT2D eigenvalue weighted by Crippen LogP contribution is 2.29. The molecule has 0 amide bonds. The van der Waals surface area contributed by atoms with Crippen molar-refractivity contribution in [2.45, 2.75) is 0 Å². The third-order valence-corrected chi connectivity index (χ3v) is 4.29. The van der Waals surface area contributed by atoms with E-state index in [0.29, 0.717) is 5.69 Å². The summed E-state index contributed by atoms with van der Waals surface area (Å²) in [4.78, 5) is 8.43. The van der Waals surface area contributed by atoms with Crippen LogP contribution in [0.4, 0.5) is 14.5 Å². The van der Waals surface area contributed by atoms with Crippen molar-refractivity contribution in [3.63, 3.8) is 0 Å². The second-order valence-electron chi connectivity index (χ2n) is 6.20. The van der Waals surface area contributed by atoms with Crippen LogP contribution in [0.3, 0.4) is 0 Å². The second kappa shape index (κ2) is 8.10. The van der Waals surface area contributed by atoms with E-state index >= 15 is 0 Å². The summed E-state index contributed by atoms with van der Waals surface area (Å²) < 4.78 is 33.7. The van der Waals surface area contributed by atoms with Crippen molar-refractivity contribution < 1.29 is 13.3 Å². The number of halogens is 2. The van der Waals surface area contributed by atoms with Crippen molar-refractivity contribution in [3.05, 3.63) is 96.1 Å². The Bertz CT molecular complexity index is 1210. The maximum absolute atomic E-state index is 14.4. The molecular formula is C21H16F2N6O. The first-order valence-electron chi connectivity index (χ1n) is 8.85. The Kier molecular flexibility index (Phi) is 5.19. The van der Waals surface area contributed by atoms with Gasteiger partial charge in [-0.25, -0.2) is 14.6 Å². The van der Waals surface area contributed by atoms with Crippen LogP contribution >= 0.6 is 0 Å². The van der Waals surface area contributed by atoms with E-state index in [1.54, 1.807) is 42.5 Å². The lowest BCUT2D eigenvalue weighted by Gasteiger charge is -2.23. The molecule has 0 atom stereocenters. The molecule has 30 heavy (non-hydrogen) atoms. The number of hydrogen-bond acceptors (Lipinski definition) is 7. The lowest BCUT2D eigenvalue weighted by atomic mass is 10.2. The average Bonchev–Trinajstić information content (AvgIpc) is 3.25. The van der Waals surface area contributed by atoms with Gasteiger partial charge in [0.15, 0.2) is 0 Å². The molecule has 0 aliphatic rings. The Hall–Kier alpha value is -4.11. The number of nitrogens with two attached hydrogens (primary N) is 2. The topological polar surface area (TPSA) is 107 Å². The zero-order valence-electron chi connectivity index (χ0n) is 15.5. The number of nitrogens with zero attached hydrogens (tertiary/aromatic N) is 4. The number of rotatable bonds is 5. The van der Waals surface area contributed by atoms with Crippen LogP contribution in [0, 0.1) is 11.6 Å². The highest BCUT2D eigenvalue weighted by molar-refractivity contribution is 5.92. The molecule has 2 aromatic carbocycles. The van der Waals surface area contributed by atoms with Crippen molar-refractivity contribution in [1.29, 1.82) is 0 Å². The van der Waals surface area contributed by atoms with E-state index in [0.717, 1.165) is 5.01 Å². The van der Waals surface area contributed by atoms with Gasteiger partial charge in [-0.2, -0.15) is 4.98 Å². The molecule has 4 rings (SSSR count). The maximum atomic E-state index is 14.4. The van der Waals surface area contributed by atoms with Crippen molar-refractivity contribution in [2.75, 3.05) is 5.01 Å². The standard InChI is InChI=1S/C21H16F2N6O/c22-14-8-2-1-7-13(14)20-27-21(30-28-20)18(24)19(16-10-5-6-12-26-16)29(25)17-11-4-3-9-15(17)23/h1-12H,24-25H2/b19-18-. The van der Waals surface area contributed by atoms with Gasteiger partial charge in [-0.3, -0.25) is 9.99 Å². The SMILES string of the molecule is N/C(=C(/c1ccccn1)N(N)c1ccccc1F)c1nc(-c2ccccc2F)no1. The van der Waals surface area contributed by atoms with Crippen LogP contribution in [0.2, 0.25) is 0 Å². The molecule has 0 bridgehead atoms. The summed E-state index contributed by atoms with van der Waals surface area (Å²) in [5.41, 5.74) is 6.96. The van der Waals surface area contributed by atoms with Gasteiger partial charge in [0.25, 0.3) is 5.89 Å². The summed E-state index contributed by atoms with van der Waals surface area (Å²) in [5, 5.41) is 4.86. The zero-order chi connectivity index (χ0) is 21.1. The number of aromatic nitrogens is 3. The maximum Gasteiger partial charge on any atom is 0.276 e. The third-order valence-electron chi connectivity index (χ3n) is 4.29. The van der Waals surface area contributed by atoms with E-state index < -0.39 is 11.6 Å². The molecule has 0 saturated carbocycles. The van der Waals surface area contributed by atoms with E-state index in [9.17, 15) is 8.78 Å². The van der Waals surface area contributed by atoms with Crippen LogP contribution < -0.4 is 16.6 Å². The van der Waals surface area contributed by atoms with Gasteiger partial charge in [0.1, 0.15) is 23.0 Å². The normalized spacial score (nSPS) is 11.8. The highest BCUT2D eigenvalue weighted by Gasteiger charge is 2.23. The molecule has 0 fully saturated rings. The predicted octanol–water partition coefficient (Wildman–Crippen LogP) is 3.57. The van der Waals surface area contributed by atoms with Gasteiger partial charge < -0.3 is 10.3 Å². The predicted molar refractivity (Wildman–Crippen MR) is 108 cm³/mol. The molecule has 0 spiro atoms.